The second-order valence-electron chi connectivity index (χ2n) is 16.3. The monoisotopic (exact) mass is 759 g/mol. The molecule has 2 heteroatoms. The predicted molar refractivity (Wildman–Crippen MR) is 225 cm³/mol. The van der Waals surface area contributed by atoms with Crippen molar-refractivity contribution >= 4 is 7.26 Å². The average molecular weight is 760 g/mol. The molecule has 0 aliphatic carbocycles. The highest BCUT2D eigenvalue weighted by Gasteiger charge is 2.35. The maximum Gasteiger partial charge on any atom is 0.0594 e. The molecule has 0 fully saturated rings. The highest BCUT2D eigenvalue weighted by molar-refractivity contribution is 7.75. The van der Waals surface area contributed by atoms with Crippen LogP contribution in [0.2, 0.25) is 0 Å². The van der Waals surface area contributed by atoms with Crippen LogP contribution in [0.3, 0.4) is 0 Å². The lowest BCUT2D eigenvalue weighted by Gasteiger charge is -2.28. The Morgan fingerprint density at radius 3 is 0.458 bits per heavy atom. The van der Waals surface area contributed by atoms with E-state index < -0.39 is 7.26 Å². The molecule has 48 heavy (non-hydrogen) atoms. The second-order valence-corrected chi connectivity index (χ2v) is 20.7. The molecule has 0 aliphatic rings. The van der Waals surface area contributed by atoms with Crippen molar-refractivity contribution in [3.05, 3.63) is 0 Å². The molecule has 0 aromatic heterocycles. The van der Waals surface area contributed by atoms with Crippen LogP contribution in [0.1, 0.15) is 272 Å². The Morgan fingerprint density at radius 2 is 0.312 bits per heavy atom. The summed E-state index contributed by atoms with van der Waals surface area (Å²) in [5, 5.41) is 0. The van der Waals surface area contributed by atoms with Gasteiger partial charge in [0.25, 0.3) is 0 Å². The van der Waals surface area contributed by atoms with Crippen LogP contribution in [-0.4, -0.2) is 24.6 Å². The van der Waals surface area contributed by atoms with Crippen molar-refractivity contribution in [2.75, 3.05) is 24.6 Å². The van der Waals surface area contributed by atoms with Gasteiger partial charge < -0.3 is 17.0 Å². The van der Waals surface area contributed by atoms with E-state index in [-0.39, 0.29) is 17.0 Å². The van der Waals surface area contributed by atoms with Gasteiger partial charge in [0.1, 0.15) is 0 Å². The van der Waals surface area contributed by atoms with Crippen LogP contribution >= 0.6 is 7.26 Å². The lowest BCUT2D eigenvalue weighted by molar-refractivity contribution is -0.0000106. The summed E-state index contributed by atoms with van der Waals surface area (Å²) >= 11 is 0. The topological polar surface area (TPSA) is 0 Å². The van der Waals surface area contributed by atoms with Crippen LogP contribution in [0.15, 0.2) is 0 Å². The maximum absolute atomic E-state index is 2.37. The van der Waals surface area contributed by atoms with Gasteiger partial charge in [0.05, 0.1) is 24.6 Å². The SMILES string of the molecule is CCCCCCCCCCCCCCCC[P+](CCCCCCC)(CCCCCCC)CCCCCCCCCCCCCCCC.[Br-]. The minimum Gasteiger partial charge on any atom is -1.00 e. The molecule has 0 aromatic rings. The number of rotatable bonds is 42. The first-order valence-electron chi connectivity index (χ1n) is 23.1. The summed E-state index contributed by atoms with van der Waals surface area (Å²) in [6.07, 6.45) is 63.2. The van der Waals surface area contributed by atoms with E-state index in [1.807, 2.05) is 0 Å². The molecule has 0 bridgehead atoms. The van der Waals surface area contributed by atoms with Crippen molar-refractivity contribution in [2.24, 2.45) is 0 Å². The summed E-state index contributed by atoms with van der Waals surface area (Å²) < 4.78 is 0. The Balaban J connectivity index is 0. The third-order valence-electron chi connectivity index (χ3n) is 11.4. The largest absolute Gasteiger partial charge is 1.00 e. The van der Waals surface area contributed by atoms with E-state index in [0.717, 1.165) is 0 Å². The van der Waals surface area contributed by atoms with Gasteiger partial charge in [-0.05, 0) is 51.4 Å². The average Bonchev–Trinajstić information content (AvgIpc) is 3.08. The van der Waals surface area contributed by atoms with Crippen LogP contribution in [0.25, 0.3) is 0 Å². The smallest absolute Gasteiger partial charge is 0.0594 e. The molecule has 0 aliphatic heterocycles. The fourth-order valence-corrected chi connectivity index (χ4v) is 13.0. The quantitative estimate of drug-likeness (QED) is 0.0429. The van der Waals surface area contributed by atoms with E-state index in [4.69, 9.17) is 0 Å². The van der Waals surface area contributed by atoms with Crippen LogP contribution in [0.4, 0.5) is 0 Å². The van der Waals surface area contributed by atoms with Crippen LogP contribution in [-0.2, 0) is 0 Å². The van der Waals surface area contributed by atoms with Gasteiger partial charge in [-0.15, -0.1) is 0 Å². The van der Waals surface area contributed by atoms with Gasteiger partial charge in [-0.3, -0.25) is 0 Å². The number of hydrogen-bond acceptors (Lipinski definition) is 0. The van der Waals surface area contributed by atoms with Crippen molar-refractivity contribution in [1.82, 2.24) is 0 Å². The van der Waals surface area contributed by atoms with Gasteiger partial charge in [-0.2, -0.15) is 0 Å². The standard InChI is InChI=1S/C46H96P.BrH/c1-5-9-13-17-19-21-23-25-27-29-31-33-37-41-45-47(43-39-35-15-11-7-3,44-40-36-16-12-8-4)46-42-38-34-32-30-28-26-24-22-20-18-14-10-6-2;/h5-46H2,1-4H3;1H/q+1;/p-1. The van der Waals surface area contributed by atoms with Crippen molar-refractivity contribution in [2.45, 2.75) is 272 Å². The van der Waals surface area contributed by atoms with E-state index in [9.17, 15) is 0 Å². The lowest BCUT2D eigenvalue weighted by atomic mass is 10.0. The van der Waals surface area contributed by atoms with Gasteiger partial charge in [-0.1, -0.05) is 220 Å². The number of unbranched alkanes of at least 4 members (excludes halogenated alkanes) is 34. The molecule has 292 valence electrons. The van der Waals surface area contributed by atoms with Crippen molar-refractivity contribution < 1.29 is 17.0 Å². The molecule has 0 atom stereocenters. The summed E-state index contributed by atoms with van der Waals surface area (Å²) in [5.41, 5.74) is 0. The first-order valence-corrected chi connectivity index (χ1v) is 25.6. The molecule has 0 saturated heterocycles. The Labute approximate surface area is 319 Å². The summed E-state index contributed by atoms with van der Waals surface area (Å²) in [5.74, 6) is 0. The molecule has 0 heterocycles. The number of hydrogen-bond donors (Lipinski definition) is 0. The molecule has 0 spiro atoms. The minimum atomic E-state index is -0.762. The molecule has 0 aromatic carbocycles. The summed E-state index contributed by atoms with van der Waals surface area (Å²) in [7, 11) is -0.762. The van der Waals surface area contributed by atoms with Crippen LogP contribution < -0.4 is 17.0 Å². The first-order chi connectivity index (χ1) is 23.2. The van der Waals surface area contributed by atoms with E-state index in [0.29, 0.717) is 0 Å². The minimum absolute atomic E-state index is 0. The second kappa shape index (κ2) is 44.1. The summed E-state index contributed by atoms with van der Waals surface area (Å²) in [6.45, 7) is 9.40. The normalized spacial score (nSPS) is 11.8. The molecular formula is C46H96BrP. The first kappa shape index (κ1) is 51.0. The zero-order valence-corrected chi connectivity index (χ0v) is 37.0. The molecule has 0 unspecified atom stereocenters. The fourth-order valence-electron chi connectivity index (χ4n) is 8.06. The van der Waals surface area contributed by atoms with Crippen LogP contribution in [0, 0.1) is 0 Å². The molecule has 0 radical (unpaired) electrons. The highest BCUT2D eigenvalue weighted by Crippen LogP contribution is 2.61. The van der Waals surface area contributed by atoms with Gasteiger partial charge in [0.15, 0.2) is 0 Å². The molecule has 0 nitrogen and oxygen atoms in total. The zero-order valence-electron chi connectivity index (χ0n) is 34.5. The zero-order chi connectivity index (χ0) is 34.2. The van der Waals surface area contributed by atoms with E-state index >= 15 is 0 Å². The molecular weight excluding hydrogens is 663 g/mol. The number of halogens is 1. The fraction of sp³-hybridized carbons (Fsp3) is 1.00. The van der Waals surface area contributed by atoms with Crippen molar-refractivity contribution in [3.63, 3.8) is 0 Å². The van der Waals surface area contributed by atoms with Crippen LogP contribution in [0.5, 0.6) is 0 Å². The highest BCUT2D eigenvalue weighted by atomic mass is 79.9. The third-order valence-corrected chi connectivity index (χ3v) is 16.5. The van der Waals surface area contributed by atoms with E-state index in [1.165, 1.54) is 218 Å². The molecule has 0 saturated carbocycles. The molecule has 0 amide bonds. The maximum atomic E-state index is 2.37. The third kappa shape index (κ3) is 38.1. The summed E-state index contributed by atoms with van der Waals surface area (Å²) in [4.78, 5) is 0. The Morgan fingerprint density at radius 1 is 0.188 bits per heavy atom. The van der Waals surface area contributed by atoms with Crippen molar-refractivity contribution in [1.29, 1.82) is 0 Å². The Kier molecular flexibility index (Phi) is 46.8. The van der Waals surface area contributed by atoms with E-state index in [2.05, 4.69) is 27.7 Å². The van der Waals surface area contributed by atoms with Gasteiger partial charge >= 0.3 is 0 Å². The summed E-state index contributed by atoms with van der Waals surface area (Å²) in [6, 6.07) is 0. The lowest BCUT2D eigenvalue weighted by Crippen LogP contribution is -3.00. The Bertz CT molecular complexity index is 500. The molecule has 0 N–H and O–H groups in total. The Hall–Kier alpha value is 0.910. The van der Waals surface area contributed by atoms with Crippen molar-refractivity contribution in [3.8, 4) is 0 Å². The van der Waals surface area contributed by atoms with Gasteiger partial charge in [0.2, 0.25) is 0 Å². The van der Waals surface area contributed by atoms with Gasteiger partial charge in [0, 0.05) is 7.26 Å². The van der Waals surface area contributed by atoms with Gasteiger partial charge in [-0.25, -0.2) is 0 Å². The molecule has 0 rings (SSSR count). The predicted octanol–water partition coefficient (Wildman–Crippen LogP) is 14.9. The van der Waals surface area contributed by atoms with E-state index in [1.54, 1.807) is 50.3 Å².